The Labute approximate surface area is 221 Å². The molecule has 1 saturated carbocycles. The van der Waals surface area contributed by atoms with Crippen LogP contribution in [0.5, 0.6) is 0 Å². The van der Waals surface area contributed by atoms with Gasteiger partial charge in [-0.3, -0.25) is 9.89 Å². The lowest BCUT2D eigenvalue weighted by atomic mass is 9.89. The van der Waals surface area contributed by atoms with Gasteiger partial charge < -0.3 is 10.2 Å². The van der Waals surface area contributed by atoms with Crippen molar-refractivity contribution in [3.63, 3.8) is 0 Å². The molecule has 2 N–H and O–H groups in total. The van der Waals surface area contributed by atoms with Gasteiger partial charge in [0.15, 0.2) is 0 Å². The number of aromatic nitrogens is 3. The Morgan fingerprint density at radius 1 is 1.03 bits per heavy atom. The third kappa shape index (κ3) is 5.48. The highest BCUT2D eigenvalue weighted by molar-refractivity contribution is 6.31. The highest BCUT2D eigenvalue weighted by Crippen LogP contribution is 2.37. The first-order valence-electron chi connectivity index (χ1n) is 11.9. The molecule has 5 rings (SSSR count). The second-order valence-electron chi connectivity index (χ2n) is 9.41. The zero-order valence-corrected chi connectivity index (χ0v) is 21.4. The van der Waals surface area contributed by atoms with E-state index in [1.54, 1.807) is 31.3 Å². The fourth-order valence-electron chi connectivity index (χ4n) is 5.03. The molecular formula is C26H24Cl2F3N5O. The van der Waals surface area contributed by atoms with Crippen molar-refractivity contribution < 1.29 is 18.0 Å². The molecule has 0 bridgehead atoms. The van der Waals surface area contributed by atoms with E-state index in [9.17, 15) is 18.0 Å². The molecule has 0 saturated heterocycles. The standard InChI is InChI=1S/C26H24Cl2F3N5O/c1-36(23-13-24(26(29,30)31)33-20-8-2-15(28)11-19(20)23)17-6-4-16(5-7-17)32-25(37)12-22-18-10-14(27)3-9-21(18)34-35-22/h2-3,8-11,13,16-17H,4-7,12H2,1H3,(H,32,37)(H,34,35). The molecule has 1 amide bonds. The predicted octanol–water partition coefficient (Wildman–Crippen LogP) is 6.54. The minimum atomic E-state index is -4.56. The molecule has 11 heteroatoms. The minimum Gasteiger partial charge on any atom is -0.371 e. The lowest BCUT2D eigenvalue weighted by Gasteiger charge is -2.37. The highest BCUT2D eigenvalue weighted by atomic mass is 35.5. The van der Waals surface area contributed by atoms with Crippen LogP contribution < -0.4 is 10.2 Å². The summed E-state index contributed by atoms with van der Waals surface area (Å²) >= 11 is 12.2. The smallest absolute Gasteiger partial charge is 0.371 e. The van der Waals surface area contributed by atoms with E-state index in [2.05, 4.69) is 20.5 Å². The van der Waals surface area contributed by atoms with Crippen molar-refractivity contribution in [2.75, 3.05) is 11.9 Å². The summed E-state index contributed by atoms with van der Waals surface area (Å²) in [5.41, 5.74) is 1.20. The van der Waals surface area contributed by atoms with Gasteiger partial charge in [0.2, 0.25) is 5.91 Å². The first-order chi connectivity index (χ1) is 17.6. The van der Waals surface area contributed by atoms with Crippen LogP contribution in [-0.2, 0) is 17.4 Å². The zero-order valence-electron chi connectivity index (χ0n) is 19.9. The Bertz CT molecular complexity index is 1460. The number of hydrogen-bond donors (Lipinski definition) is 2. The Balaban J connectivity index is 1.26. The number of hydrogen-bond acceptors (Lipinski definition) is 4. The van der Waals surface area contributed by atoms with Gasteiger partial charge >= 0.3 is 6.18 Å². The number of amides is 1. The Morgan fingerprint density at radius 3 is 2.35 bits per heavy atom. The van der Waals surface area contributed by atoms with Gasteiger partial charge in [0, 0.05) is 45.6 Å². The predicted molar refractivity (Wildman–Crippen MR) is 139 cm³/mol. The number of nitrogens with zero attached hydrogens (tertiary/aromatic N) is 3. The second-order valence-corrected chi connectivity index (χ2v) is 10.3. The van der Waals surface area contributed by atoms with E-state index in [0.717, 1.165) is 29.8 Å². The van der Waals surface area contributed by atoms with Gasteiger partial charge in [0.1, 0.15) is 5.69 Å². The summed E-state index contributed by atoms with van der Waals surface area (Å²) in [5, 5.41) is 12.6. The number of anilines is 1. The number of pyridine rings is 1. The van der Waals surface area contributed by atoms with Crippen molar-refractivity contribution >= 4 is 56.6 Å². The maximum Gasteiger partial charge on any atom is 0.433 e. The number of aromatic amines is 1. The molecule has 0 atom stereocenters. The van der Waals surface area contributed by atoms with Crippen molar-refractivity contribution in [1.82, 2.24) is 20.5 Å². The maximum absolute atomic E-state index is 13.5. The summed E-state index contributed by atoms with van der Waals surface area (Å²) in [4.78, 5) is 18.4. The molecule has 37 heavy (non-hydrogen) atoms. The van der Waals surface area contributed by atoms with E-state index in [1.807, 2.05) is 4.90 Å². The van der Waals surface area contributed by atoms with Gasteiger partial charge in [-0.05, 0) is 68.1 Å². The van der Waals surface area contributed by atoms with Crippen LogP contribution >= 0.6 is 23.2 Å². The number of benzene rings is 2. The van der Waals surface area contributed by atoms with Gasteiger partial charge in [-0.2, -0.15) is 18.3 Å². The minimum absolute atomic E-state index is 0.00992. The van der Waals surface area contributed by atoms with Crippen LogP contribution in [0.15, 0.2) is 42.5 Å². The van der Waals surface area contributed by atoms with Gasteiger partial charge in [0.05, 0.1) is 23.1 Å². The quantitative estimate of drug-likeness (QED) is 0.296. The summed E-state index contributed by atoms with van der Waals surface area (Å²) in [7, 11) is 1.80. The second kappa shape index (κ2) is 10.0. The third-order valence-corrected chi connectivity index (χ3v) is 7.43. The SMILES string of the molecule is CN(c1cc(C(F)(F)F)nc2ccc(Cl)cc12)C1CCC(NC(=O)Cc2[nH]nc3ccc(Cl)cc23)CC1. The number of carbonyl (C=O) groups is 1. The van der Waals surface area contributed by atoms with Crippen molar-refractivity contribution in [1.29, 1.82) is 0 Å². The van der Waals surface area contributed by atoms with Crippen LogP contribution in [0.3, 0.4) is 0 Å². The molecule has 1 fully saturated rings. The van der Waals surface area contributed by atoms with Crippen molar-refractivity contribution in [3.8, 4) is 0 Å². The number of H-pyrrole nitrogens is 1. The Hall–Kier alpha value is -3.04. The van der Waals surface area contributed by atoms with E-state index in [0.29, 0.717) is 39.7 Å². The zero-order chi connectivity index (χ0) is 26.3. The summed E-state index contributed by atoms with van der Waals surface area (Å²) < 4.78 is 40.6. The molecule has 2 aromatic heterocycles. The average molecular weight is 550 g/mol. The monoisotopic (exact) mass is 549 g/mol. The number of carbonyl (C=O) groups excluding carboxylic acids is 1. The molecule has 1 aliphatic carbocycles. The molecule has 0 unspecified atom stereocenters. The van der Waals surface area contributed by atoms with Gasteiger partial charge in [-0.15, -0.1) is 0 Å². The van der Waals surface area contributed by atoms with Gasteiger partial charge in [0.25, 0.3) is 0 Å². The molecule has 1 aliphatic rings. The molecule has 194 valence electrons. The van der Waals surface area contributed by atoms with E-state index in [1.165, 1.54) is 12.1 Å². The Morgan fingerprint density at radius 2 is 1.68 bits per heavy atom. The van der Waals surface area contributed by atoms with Crippen molar-refractivity contribution in [2.24, 2.45) is 0 Å². The topological polar surface area (TPSA) is 73.9 Å². The number of fused-ring (bicyclic) bond motifs is 2. The number of nitrogens with one attached hydrogen (secondary N) is 2. The maximum atomic E-state index is 13.5. The molecule has 0 spiro atoms. The molecular weight excluding hydrogens is 526 g/mol. The fourth-order valence-corrected chi connectivity index (χ4v) is 5.38. The first kappa shape index (κ1) is 25.6. The first-order valence-corrected chi connectivity index (χ1v) is 12.7. The molecule has 0 aliphatic heterocycles. The fraction of sp³-hybridized carbons (Fsp3) is 0.346. The molecule has 0 radical (unpaired) electrons. The van der Waals surface area contributed by atoms with Crippen molar-refractivity contribution in [2.45, 2.75) is 50.4 Å². The summed E-state index contributed by atoms with van der Waals surface area (Å²) in [6.07, 6.45) is -1.54. The normalized spacial score (nSPS) is 18.3. The largest absolute Gasteiger partial charge is 0.433 e. The molecule has 2 heterocycles. The average Bonchev–Trinajstić information content (AvgIpc) is 3.24. The number of halogens is 5. The lowest BCUT2D eigenvalue weighted by Crippen LogP contribution is -2.43. The van der Waals surface area contributed by atoms with Crippen LogP contribution in [-0.4, -0.2) is 40.2 Å². The van der Waals surface area contributed by atoms with Crippen LogP contribution in [0.25, 0.3) is 21.8 Å². The van der Waals surface area contributed by atoms with Crippen LogP contribution in [0.4, 0.5) is 18.9 Å². The summed E-state index contributed by atoms with van der Waals surface area (Å²) in [5.74, 6) is -0.119. The van der Waals surface area contributed by atoms with E-state index in [4.69, 9.17) is 23.2 Å². The van der Waals surface area contributed by atoms with Crippen LogP contribution in [0.1, 0.15) is 37.1 Å². The van der Waals surface area contributed by atoms with Crippen LogP contribution in [0, 0.1) is 0 Å². The van der Waals surface area contributed by atoms with E-state index in [-0.39, 0.29) is 29.9 Å². The highest BCUT2D eigenvalue weighted by Gasteiger charge is 2.35. The third-order valence-electron chi connectivity index (χ3n) is 6.96. The summed E-state index contributed by atoms with van der Waals surface area (Å²) in [6.45, 7) is 0. The van der Waals surface area contributed by atoms with Gasteiger partial charge in [-0.1, -0.05) is 23.2 Å². The van der Waals surface area contributed by atoms with Crippen LogP contribution in [0.2, 0.25) is 10.0 Å². The number of alkyl halides is 3. The van der Waals surface area contributed by atoms with Crippen molar-refractivity contribution in [3.05, 3.63) is 63.9 Å². The Kier molecular flexibility index (Phi) is 6.93. The summed E-state index contributed by atoms with van der Waals surface area (Å²) in [6, 6.07) is 11.1. The van der Waals surface area contributed by atoms with E-state index >= 15 is 0 Å². The van der Waals surface area contributed by atoms with E-state index < -0.39 is 11.9 Å². The molecule has 4 aromatic rings. The molecule has 6 nitrogen and oxygen atoms in total. The number of rotatable bonds is 5. The lowest BCUT2D eigenvalue weighted by molar-refractivity contribution is -0.140. The molecule has 2 aromatic carbocycles. The van der Waals surface area contributed by atoms with Gasteiger partial charge in [-0.25, -0.2) is 4.98 Å².